The minimum Gasteiger partial charge on any atom is -0.0653 e. The van der Waals surface area contributed by atoms with Gasteiger partial charge in [-0.3, -0.25) is 0 Å². The van der Waals surface area contributed by atoms with E-state index in [1.165, 1.54) is 48.7 Å². The van der Waals surface area contributed by atoms with Crippen molar-refractivity contribution in [2.45, 2.75) is 85.0 Å². The van der Waals surface area contributed by atoms with E-state index in [4.69, 9.17) is 6.58 Å². The molecule has 1 saturated heterocycles. The molecule has 1 nitrogen and oxygen atoms in total. The van der Waals surface area contributed by atoms with Gasteiger partial charge in [-0.1, -0.05) is 92.0 Å². The average molecular weight is 520 g/mol. The Morgan fingerprint density at radius 2 is 1.25 bits per heavy atom. The van der Waals surface area contributed by atoms with Crippen molar-refractivity contribution in [3.63, 3.8) is 0 Å². The van der Waals surface area contributed by atoms with Crippen LogP contribution in [0.25, 0.3) is 0 Å². The fraction of sp³-hybridized carbons (Fsp3) is 0.455. The Hall–Kier alpha value is -1.52. The maximum absolute atomic E-state index is 4.88. The number of nitrogens with zero attached hydrogens (tertiary/aromatic N) is 1. The van der Waals surface area contributed by atoms with Crippen molar-refractivity contribution in [1.82, 2.24) is 4.44 Å². The maximum atomic E-state index is 4.88. The zero-order chi connectivity index (χ0) is 26.1. The Kier molecular flexibility index (Phi) is 8.46. The highest BCUT2D eigenvalue weighted by Crippen LogP contribution is 2.97. The molecular weight excluding hydrogens is 472 g/mol. The zero-order valence-corrected chi connectivity index (χ0v) is 25.5. The standard InChI is InChI=1S/C33H47NP2/c1-9-11-24-34(36(25(3)10-2)28(6)26(4)27(5)29(36)7)35(8)32(30-18-14-12-15-19-30)22-23-33(35)31-20-16-13-17-21-31/h12-21,32-33H,3,9-11,22-24H2,1-2,4-8H3/q+2/t32-,33-/m0/s1. The number of benzene rings is 2. The first-order valence-corrected chi connectivity index (χ1v) is 18.0. The largest absolute Gasteiger partial charge is 0.205 e. The van der Waals surface area contributed by atoms with Crippen LogP contribution < -0.4 is 0 Å². The van der Waals surface area contributed by atoms with Gasteiger partial charge in [0, 0.05) is 6.42 Å². The lowest BCUT2D eigenvalue weighted by Crippen LogP contribution is -2.30. The summed E-state index contributed by atoms with van der Waals surface area (Å²) in [7, 11) is -3.53. The summed E-state index contributed by atoms with van der Waals surface area (Å²) in [6, 6.07) is 23.0. The van der Waals surface area contributed by atoms with Gasteiger partial charge in [0.05, 0.1) is 18.5 Å². The Bertz CT molecular complexity index is 1070. The van der Waals surface area contributed by atoms with Crippen LogP contribution in [0.15, 0.2) is 94.3 Å². The van der Waals surface area contributed by atoms with Crippen molar-refractivity contribution >= 4 is 14.8 Å². The summed E-state index contributed by atoms with van der Waals surface area (Å²) in [5, 5.41) is 4.75. The van der Waals surface area contributed by atoms with Gasteiger partial charge in [-0.2, -0.15) is 0 Å². The third-order valence-corrected chi connectivity index (χ3v) is 20.9. The summed E-state index contributed by atoms with van der Waals surface area (Å²) in [6.07, 6.45) is 6.08. The van der Waals surface area contributed by atoms with Crippen LogP contribution in [0.5, 0.6) is 0 Å². The van der Waals surface area contributed by atoms with E-state index >= 15 is 0 Å². The van der Waals surface area contributed by atoms with Gasteiger partial charge in [0.1, 0.15) is 29.4 Å². The molecule has 0 spiro atoms. The third kappa shape index (κ3) is 4.21. The SMILES string of the molecule is C=C(CC)[P+]1(N(CCCC)[P+]2(C)[C@H](c3ccccc3)CC[C@H]2c2ccccc2)C(C)=C(C)C(C)=C1C. The van der Waals surface area contributed by atoms with Crippen LogP contribution in [-0.2, 0) is 0 Å². The molecule has 2 aliphatic rings. The number of rotatable bonds is 9. The van der Waals surface area contributed by atoms with Crippen LogP contribution in [-0.4, -0.2) is 17.7 Å². The molecule has 0 unspecified atom stereocenters. The molecule has 0 aromatic heterocycles. The number of hydrogen-bond donors (Lipinski definition) is 0. The summed E-state index contributed by atoms with van der Waals surface area (Å²) in [4.78, 5) is 0. The maximum Gasteiger partial charge on any atom is 0.205 e. The highest BCUT2D eigenvalue weighted by atomic mass is 31.2. The minimum absolute atomic E-state index is 0.601. The monoisotopic (exact) mass is 519 g/mol. The molecule has 4 rings (SSSR count). The van der Waals surface area contributed by atoms with Crippen LogP contribution in [0.4, 0.5) is 0 Å². The highest BCUT2D eigenvalue weighted by molar-refractivity contribution is 7.94. The Labute approximate surface area is 222 Å². The van der Waals surface area contributed by atoms with E-state index in [9.17, 15) is 0 Å². The summed E-state index contributed by atoms with van der Waals surface area (Å²) in [6.45, 7) is 23.1. The van der Waals surface area contributed by atoms with E-state index in [-0.39, 0.29) is 0 Å². The van der Waals surface area contributed by atoms with Crippen molar-refractivity contribution in [1.29, 1.82) is 0 Å². The molecule has 2 aromatic rings. The molecule has 3 heteroatoms. The second-order valence-electron chi connectivity index (χ2n) is 11.0. The Morgan fingerprint density at radius 1 is 0.806 bits per heavy atom. The van der Waals surface area contributed by atoms with Crippen LogP contribution >= 0.6 is 14.8 Å². The van der Waals surface area contributed by atoms with Crippen LogP contribution in [0.1, 0.15) is 96.1 Å². The normalized spacial score (nSPS) is 23.1. The first kappa shape index (κ1) is 27.5. The molecule has 36 heavy (non-hydrogen) atoms. The molecule has 0 saturated carbocycles. The van der Waals surface area contributed by atoms with Crippen LogP contribution in [0, 0.1) is 0 Å². The zero-order valence-electron chi connectivity index (χ0n) is 23.7. The van der Waals surface area contributed by atoms with Gasteiger partial charge < -0.3 is 0 Å². The molecule has 2 aromatic carbocycles. The van der Waals surface area contributed by atoms with E-state index in [0.717, 1.165) is 6.42 Å². The van der Waals surface area contributed by atoms with Gasteiger partial charge in [0.25, 0.3) is 0 Å². The lowest BCUT2D eigenvalue weighted by atomic mass is 10.0. The van der Waals surface area contributed by atoms with Crippen molar-refractivity contribution in [3.8, 4) is 0 Å². The van der Waals surface area contributed by atoms with Gasteiger partial charge in [-0.05, 0) is 69.2 Å². The van der Waals surface area contributed by atoms with E-state index in [1.54, 1.807) is 21.8 Å². The van der Waals surface area contributed by atoms with Crippen molar-refractivity contribution in [3.05, 3.63) is 105 Å². The van der Waals surface area contributed by atoms with Crippen LogP contribution in [0.3, 0.4) is 0 Å². The molecule has 0 N–H and O–H groups in total. The molecular formula is C33H47NP2+2. The van der Waals surface area contributed by atoms with Gasteiger partial charge in [-0.25, -0.2) is 0 Å². The van der Waals surface area contributed by atoms with Gasteiger partial charge >= 0.3 is 0 Å². The molecule has 1 fully saturated rings. The summed E-state index contributed by atoms with van der Waals surface area (Å²) < 4.78 is 3.18. The van der Waals surface area contributed by atoms with Gasteiger partial charge in [0.15, 0.2) is 0 Å². The van der Waals surface area contributed by atoms with E-state index in [2.05, 4.69) is 113 Å². The summed E-state index contributed by atoms with van der Waals surface area (Å²) in [5.74, 6) is 0. The quantitative estimate of drug-likeness (QED) is 0.298. The fourth-order valence-electron chi connectivity index (χ4n) is 7.11. The molecule has 0 amide bonds. The molecule has 0 radical (unpaired) electrons. The summed E-state index contributed by atoms with van der Waals surface area (Å²) >= 11 is 0. The topological polar surface area (TPSA) is 3.24 Å². The Morgan fingerprint density at radius 3 is 1.64 bits per heavy atom. The molecule has 192 valence electrons. The third-order valence-electron chi connectivity index (χ3n) is 9.38. The predicted molar refractivity (Wildman–Crippen MR) is 165 cm³/mol. The van der Waals surface area contributed by atoms with Crippen LogP contribution in [0.2, 0.25) is 0 Å². The minimum atomic E-state index is -1.85. The first-order chi connectivity index (χ1) is 17.3. The van der Waals surface area contributed by atoms with Crippen molar-refractivity contribution in [2.24, 2.45) is 0 Å². The van der Waals surface area contributed by atoms with Gasteiger partial charge in [-0.15, -0.1) is 0 Å². The van der Waals surface area contributed by atoms with Crippen molar-refractivity contribution in [2.75, 3.05) is 13.2 Å². The van der Waals surface area contributed by atoms with E-state index in [0.29, 0.717) is 11.3 Å². The molecule has 2 aliphatic heterocycles. The molecule has 0 aliphatic carbocycles. The fourth-order valence-corrected chi connectivity index (χ4v) is 20.6. The highest BCUT2D eigenvalue weighted by Gasteiger charge is 2.71. The number of unbranched alkanes of at least 4 members (excludes halogenated alkanes) is 1. The second kappa shape index (κ2) is 11.1. The Balaban J connectivity index is 2.03. The lowest BCUT2D eigenvalue weighted by molar-refractivity contribution is 0.613. The predicted octanol–water partition coefficient (Wildman–Crippen LogP) is 11.4. The lowest BCUT2D eigenvalue weighted by Gasteiger charge is -2.45. The van der Waals surface area contributed by atoms with Crippen molar-refractivity contribution < 1.29 is 0 Å². The van der Waals surface area contributed by atoms with E-state index < -0.39 is 14.8 Å². The average Bonchev–Trinajstić information content (AvgIpc) is 3.34. The number of allylic oxidation sites excluding steroid dienone is 5. The summed E-state index contributed by atoms with van der Waals surface area (Å²) in [5.41, 5.74) is 7.34. The molecule has 2 atom stereocenters. The second-order valence-corrected chi connectivity index (χ2v) is 18.9. The first-order valence-electron chi connectivity index (χ1n) is 13.9. The smallest absolute Gasteiger partial charge is 0.0653 e. The number of hydrogen-bond acceptors (Lipinski definition) is 1. The molecule has 2 heterocycles. The van der Waals surface area contributed by atoms with Gasteiger partial charge in [0.2, 0.25) is 7.41 Å². The molecule has 0 bridgehead atoms. The van der Waals surface area contributed by atoms with E-state index in [1.807, 2.05) is 0 Å².